The number of benzene rings is 1. The van der Waals surface area contributed by atoms with Crippen molar-refractivity contribution < 1.29 is 9.59 Å². The van der Waals surface area contributed by atoms with Crippen molar-refractivity contribution in [2.75, 3.05) is 13.1 Å². The van der Waals surface area contributed by atoms with Crippen LogP contribution in [0.1, 0.15) is 28.1 Å². The number of amides is 2. The van der Waals surface area contributed by atoms with Gasteiger partial charge >= 0.3 is 0 Å². The standard InChI is InChI=1S/C17H19ClN2O2S/c18-15-8-2-1-7-14(15)17(22)20-11-10-19-16(21)9-3-5-13-6-4-12-23-13/h1-2,4,6-8,12H,3,5,9-11H2,(H,19,21)(H,20,22). The predicted molar refractivity (Wildman–Crippen MR) is 94.1 cm³/mol. The van der Waals surface area contributed by atoms with Gasteiger partial charge in [-0.25, -0.2) is 0 Å². The first kappa shape index (κ1) is 17.5. The topological polar surface area (TPSA) is 58.2 Å². The van der Waals surface area contributed by atoms with Gasteiger partial charge in [-0.3, -0.25) is 9.59 Å². The quantitative estimate of drug-likeness (QED) is 0.718. The molecule has 0 aliphatic rings. The highest BCUT2D eigenvalue weighted by atomic mass is 35.5. The van der Waals surface area contributed by atoms with Crippen LogP contribution in [0.25, 0.3) is 0 Å². The summed E-state index contributed by atoms with van der Waals surface area (Å²) in [7, 11) is 0. The number of nitrogens with one attached hydrogen (secondary N) is 2. The van der Waals surface area contributed by atoms with E-state index in [1.807, 2.05) is 11.4 Å². The van der Waals surface area contributed by atoms with E-state index in [4.69, 9.17) is 11.6 Å². The van der Waals surface area contributed by atoms with E-state index in [2.05, 4.69) is 16.7 Å². The summed E-state index contributed by atoms with van der Waals surface area (Å²) >= 11 is 7.66. The van der Waals surface area contributed by atoms with Gasteiger partial charge in [-0.1, -0.05) is 29.8 Å². The molecule has 6 heteroatoms. The van der Waals surface area contributed by atoms with Crippen molar-refractivity contribution in [3.8, 4) is 0 Å². The third kappa shape index (κ3) is 6.04. The summed E-state index contributed by atoms with van der Waals surface area (Å²) in [5.41, 5.74) is 0.441. The molecule has 2 rings (SSSR count). The molecule has 0 atom stereocenters. The molecule has 122 valence electrons. The maximum atomic E-state index is 11.9. The van der Waals surface area contributed by atoms with Crippen molar-refractivity contribution in [1.29, 1.82) is 0 Å². The molecule has 1 heterocycles. The summed E-state index contributed by atoms with van der Waals surface area (Å²) in [6.07, 6.45) is 2.25. The van der Waals surface area contributed by atoms with Crippen LogP contribution in [-0.4, -0.2) is 24.9 Å². The van der Waals surface area contributed by atoms with Crippen LogP contribution in [0, 0.1) is 0 Å². The third-order valence-electron chi connectivity index (χ3n) is 3.26. The lowest BCUT2D eigenvalue weighted by atomic mass is 10.2. The summed E-state index contributed by atoms with van der Waals surface area (Å²) in [5, 5.41) is 8.00. The zero-order valence-electron chi connectivity index (χ0n) is 12.7. The molecule has 2 aromatic rings. The minimum Gasteiger partial charge on any atom is -0.354 e. The molecule has 1 aromatic carbocycles. The van der Waals surface area contributed by atoms with Crippen LogP contribution in [0.3, 0.4) is 0 Å². The number of carbonyl (C=O) groups excluding carboxylic acids is 2. The first-order valence-corrected chi connectivity index (χ1v) is 8.74. The number of halogens is 1. The number of rotatable bonds is 8. The SMILES string of the molecule is O=C(CCCc1cccs1)NCCNC(=O)c1ccccc1Cl. The normalized spacial score (nSPS) is 10.3. The summed E-state index contributed by atoms with van der Waals surface area (Å²) in [5.74, 6) is -0.226. The zero-order valence-corrected chi connectivity index (χ0v) is 14.3. The van der Waals surface area contributed by atoms with Gasteiger partial charge in [0.15, 0.2) is 0 Å². The Morgan fingerprint density at radius 3 is 2.57 bits per heavy atom. The molecule has 0 spiro atoms. The number of hydrogen-bond donors (Lipinski definition) is 2. The predicted octanol–water partition coefficient (Wildman–Crippen LogP) is 3.27. The Morgan fingerprint density at radius 2 is 1.83 bits per heavy atom. The second-order valence-corrected chi connectivity index (χ2v) is 6.46. The molecule has 0 bridgehead atoms. The van der Waals surface area contributed by atoms with Gasteiger partial charge in [0.2, 0.25) is 5.91 Å². The molecule has 0 aliphatic heterocycles. The Morgan fingerprint density at radius 1 is 1.04 bits per heavy atom. The first-order chi connectivity index (χ1) is 11.2. The van der Waals surface area contributed by atoms with Crippen LogP contribution in [-0.2, 0) is 11.2 Å². The maximum absolute atomic E-state index is 11.9. The number of hydrogen-bond acceptors (Lipinski definition) is 3. The Kier molecular flexibility index (Phi) is 7.10. The van der Waals surface area contributed by atoms with Crippen LogP contribution in [0.4, 0.5) is 0 Å². The van der Waals surface area contributed by atoms with Crippen molar-refractivity contribution in [2.24, 2.45) is 0 Å². The first-order valence-electron chi connectivity index (χ1n) is 7.48. The minimum atomic E-state index is -0.234. The highest BCUT2D eigenvalue weighted by Crippen LogP contribution is 2.14. The monoisotopic (exact) mass is 350 g/mol. The summed E-state index contributed by atoms with van der Waals surface area (Å²) in [6.45, 7) is 0.786. The highest BCUT2D eigenvalue weighted by Gasteiger charge is 2.08. The Balaban J connectivity index is 1.58. The van der Waals surface area contributed by atoms with E-state index in [1.165, 1.54) is 4.88 Å². The highest BCUT2D eigenvalue weighted by molar-refractivity contribution is 7.09. The Hall–Kier alpha value is -1.85. The molecular formula is C17H19ClN2O2S. The molecule has 0 saturated heterocycles. The maximum Gasteiger partial charge on any atom is 0.252 e. The lowest BCUT2D eigenvalue weighted by Gasteiger charge is -2.08. The van der Waals surface area contributed by atoms with Crippen LogP contribution in [0.2, 0.25) is 5.02 Å². The summed E-state index contributed by atoms with van der Waals surface area (Å²) < 4.78 is 0. The minimum absolute atomic E-state index is 0.00792. The fourth-order valence-corrected chi connectivity index (χ4v) is 3.06. The van der Waals surface area contributed by atoms with Crippen LogP contribution < -0.4 is 10.6 Å². The van der Waals surface area contributed by atoms with Crippen LogP contribution in [0.5, 0.6) is 0 Å². The van der Waals surface area contributed by atoms with Crippen molar-refractivity contribution in [3.63, 3.8) is 0 Å². The van der Waals surface area contributed by atoms with E-state index in [-0.39, 0.29) is 11.8 Å². The van der Waals surface area contributed by atoms with Gasteiger partial charge < -0.3 is 10.6 Å². The van der Waals surface area contributed by atoms with Gasteiger partial charge in [0.1, 0.15) is 0 Å². The Bertz CT molecular complexity index is 644. The lowest BCUT2D eigenvalue weighted by molar-refractivity contribution is -0.121. The molecule has 4 nitrogen and oxygen atoms in total. The Labute approximate surface area is 144 Å². The van der Waals surface area contributed by atoms with Crippen LogP contribution >= 0.6 is 22.9 Å². The zero-order chi connectivity index (χ0) is 16.5. The molecule has 0 saturated carbocycles. The largest absolute Gasteiger partial charge is 0.354 e. The van der Waals surface area contributed by atoms with Crippen molar-refractivity contribution in [3.05, 3.63) is 57.2 Å². The van der Waals surface area contributed by atoms with Crippen molar-refractivity contribution in [1.82, 2.24) is 10.6 Å². The summed E-state index contributed by atoms with van der Waals surface area (Å²) in [4.78, 5) is 24.9. The van der Waals surface area contributed by atoms with Gasteiger partial charge in [-0.15, -0.1) is 11.3 Å². The molecule has 2 amide bonds. The lowest BCUT2D eigenvalue weighted by Crippen LogP contribution is -2.34. The molecule has 2 N–H and O–H groups in total. The third-order valence-corrected chi connectivity index (χ3v) is 4.52. The average molecular weight is 351 g/mol. The molecule has 0 unspecified atom stereocenters. The average Bonchev–Trinajstić information content (AvgIpc) is 3.05. The number of aryl methyl sites for hydroxylation is 1. The molecular weight excluding hydrogens is 332 g/mol. The van der Waals surface area contributed by atoms with Gasteiger partial charge in [0.05, 0.1) is 10.6 Å². The van der Waals surface area contributed by atoms with Gasteiger partial charge in [0, 0.05) is 24.4 Å². The fourth-order valence-electron chi connectivity index (χ4n) is 2.08. The van der Waals surface area contributed by atoms with E-state index in [0.29, 0.717) is 30.1 Å². The fraction of sp³-hybridized carbons (Fsp3) is 0.294. The van der Waals surface area contributed by atoms with E-state index in [0.717, 1.165) is 12.8 Å². The van der Waals surface area contributed by atoms with E-state index in [1.54, 1.807) is 35.6 Å². The molecule has 23 heavy (non-hydrogen) atoms. The van der Waals surface area contributed by atoms with Gasteiger partial charge in [0.25, 0.3) is 5.91 Å². The summed E-state index contributed by atoms with van der Waals surface area (Å²) in [6, 6.07) is 11.0. The van der Waals surface area contributed by atoms with Crippen molar-refractivity contribution >= 4 is 34.8 Å². The van der Waals surface area contributed by atoms with Gasteiger partial charge in [-0.2, -0.15) is 0 Å². The number of thiophene rings is 1. The second kappa shape index (κ2) is 9.33. The smallest absolute Gasteiger partial charge is 0.252 e. The van der Waals surface area contributed by atoms with E-state index in [9.17, 15) is 9.59 Å². The van der Waals surface area contributed by atoms with Crippen LogP contribution in [0.15, 0.2) is 41.8 Å². The second-order valence-electron chi connectivity index (χ2n) is 5.02. The molecule has 1 aromatic heterocycles. The van der Waals surface area contributed by atoms with Gasteiger partial charge in [-0.05, 0) is 36.4 Å². The molecule has 0 aliphatic carbocycles. The van der Waals surface area contributed by atoms with E-state index >= 15 is 0 Å². The van der Waals surface area contributed by atoms with Crippen molar-refractivity contribution in [2.45, 2.75) is 19.3 Å². The molecule has 0 radical (unpaired) electrons. The molecule has 0 fully saturated rings. The van der Waals surface area contributed by atoms with E-state index < -0.39 is 0 Å². The number of carbonyl (C=O) groups is 2.